The highest BCUT2D eigenvalue weighted by Crippen LogP contribution is 2.41. The average Bonchev–Trinajstić information content (AvgIpc) is 2.71. The van der Waals surface area contributed by atoms with Gasteiger partial charge in [0.1, 0.15) is 5.75 Å². The molecule has 0 aliphatic heterocycles. The second kappa shape index (κ2) is 4.82. The molecule has 2 aromatic rings. The fraction of sp³-hybridized carbons (Fsp3) is 0.316. The van der Waals surface area contributed by atoms with E-state index in [4.69, 9.17) is 4.43 Å². The molecule has 0 bridgehead atoms. The van der Waals surface area contributed by atoms with Gasteiger partial charge in [-0.05, 0) is 47.5 Å². The van der Waals surface area contributed by atoms with Crippen molar-refractivity contribution in [2.75, 3.05) is 0 Å². The fourth-order valence-corrected chi connectivity index (χ4v) is 3.54. The Bertz CT molecular complexity index is 754. The van der Waals surface area contributed by atoms with Crippen molar-refractivity contribution in [3.63, 3.8) is 0 Å². The van der Waals surface area contributed by atoms with E-state index in [9.17, 15) is 4.79 Å². The number of ketones is 1. The lowest BCUT2D eigenvalue weighted by molar-refractivity contribution is 0.104. The molecule has 114 valence electrons. The van der Waals surface area contributed by atoms with Gasteiger partial charge in [0, 0.05) is 11.1 Å². The van der Waals surface area contributed by atoms with Gasteiger partial charge in [-0.2, -0.15) is 0 Å². The summed E-state index contributed by atoms with van der Waals surface area (Å²) >= 11 is 0. The highest BCUT2D eigenvalue weighted by Gasteiger charge is 2.39. The second-order valence-electron chi connectivity index (χ2n) is 7.44. The van der Waals surface area contributed by atoms with E-state index in [0.29, 0.717) is 0 Å². The molecule has 0 heterocycles. The Hall–Kier alpha value is -1.87. The molecule has 2 nitrogen and oxygen atoms in total. The van der Waals surface area contributed by atoms with E-state index in [1.54, 1.807) is 0 Å². The molecule has 3 rings (SSSR count). The van der Waals surface area contributed by atoms with E-state index in [2.05, 4.69) is 33.9 Å². The quantitative estimate of drug-likeness (QED) is 0.602. The summed E-state index contributed by atoms with van der Waals surface area (Å²) in [6.45, 7) is 11.1. The van der Waals surface area contributed by atoms with Crippen LogP contribution in [0.15, 0.2) is 42.5 Å². The Morgan fingerprint density at radius 2 is 1.45 bits per heavy atom. The molecule has 22 heavy (non-hydrogen) atoms. The normalized spacial score (nSPS) is 13.8. The molecule has 0 aromatic heterocycles. The zero-order chi connectivity index (χ0) is 16.1. The van der Waals surface area contributed by atoms with Crippen LogP contribution < -0.4 is 4.43 Å². The van der Waals surface area contributed by atoms with Gasteiger partial charge in [-0.15, -0.1) is 0 Å². The topological polar surface area (TPSA) is 26.3 Å². The van der Waals surface area contributed by atoms with Crippen molar-refractivity contribution < 1.29 is 9.22 Å². The zero-order valence-corrected chi connectivity index (χ0v) is 14.9. The standard InChI is InChI=1S/C19H22O2Si/c1-19(2,3)22(4,5)21-13-10-11-15-14-8-6-7-9-16(14)18(20)17(15)12-13/h6-12H,1-5H3. The lowest BCUT2D eigenvalue weighted by atomic mass is 10.1. The van der Waals surface area contributed by atoms with Crippen molar-refractivity contribution in [3.8, 4) is 16.9 Å². The van der Waals surface area contributed by atoms with Crippen molar-refractivity contribution in [1.29, 1.82) is 0 Å². The van der Waals surface area contributed by atoms with Crippen LogP contribution in [-0.4, -0.2) is 14.1 Å². The molecule has 0 saturated carbocycles. The molecule has 0 fully saturated rings. The third kappa shape index (κ3) is 2.30. The SMILES string of the molecule is CC(C)(C)[Si](C)(C)Oc1ccc2c(c1)C(=O)c1ccccc1-2. The van der Waals surface area contributed by atoms with Gasteiger partial charge in [-0.3, -0.25) is 4.79 Å². The maximum absolute atomic E-state index is 12.6. The van der Waals surface area contributed by atoms with Gasteiger partial charge in [0.2, 0.25) is 8.32 Å². The van der Waals surface area contributed by atoms with Crippen LogP contribution >= 0.6 is 0 Å². The number of hydrogen-bond donors (Lipinski definition) is 0. The maximum atomic E-state index is 12.6. The van der Waals surface area contributed by atoms with Crippen LogP contribution in [-0.2, 0) is 0 Å². The Morgan fingerprint density at radius 1 is 0.864 bits per heavy atom. The first-order valence-electron chi connectivity index (χ1n) is 7.68. The summed E-state index contributed by atoms with van der Waals surface area (Å²) in [5, 5.41) is 0.138. The number of rotatable bonds is 2. The molecule has 0 N–H and O–H groups in total. The molecule has 2 aromatic carbocycles. The van der Waals surface area contributed by atoms with Crippen LogP contribution in [0.2, 0.25) is 18.1 Å². The van der Waals surface area contributed by atoms with Gasteiger partial charge in [0.05, 0.1) is 0 Å². The van der Waals surface area contributed by atoms with Crippen molar-refractivity contribution in [1.82, 2.24) is 0 Å². The van der Waals surface area contributed by atoms with Gasteiger partial charge in [-0.25, -0.2) is 0 Å². The summed E-state index contributed by atoms with van der Waals surface area (Å²) in [7, 11) is -1.89. The van der Waals surface area contributed by atoms with Crippen LogP contribution in [0.1, 0.15) is 36.7 Å². The highest BCUT2D eigenvalue weighted by molar-refractivity contribution is 6.74. The molecular formula is C19H22O2Si. The lowest BCUT2D eigenvalue weighted by Crippen LogP contribution is -2.43. The first-order chi connectivity index (χ1) is 10.2. The number of benzene rings is 2. The predicted octanol–water partition coefficient (Wildman–Crippen LogP) is 5.28. The second-order valence-corrected chi connectivity index (χ2v) is 12.2. The summed E-state index contributed by atoms with van der Waals surface area (Å²) < 4.78 is 6.33. The summed E-state index contributed by atoms with van der Waals surface area (Å²) in [5.41, 5.74) is 3.60. The van der Waals surface area contributed by atoms with Crippen LogP contribution in [0.3, 0.4) is 0 Å². The lowest BCUT2D eigenvalue weighted by Gasteiger charge is -2.36. The minimum absolute atomic E-state index is 0.103. The van der Waals surface area contributed by atoms with Gasteiger partial charge in [-0.1, -0.05) is 45.0 Å². The Kier molecular flexibility index (Phi) is 3.29. The van der Waals surface area contributed by atoms with E-state index < -0.39 is 8.32 Å². The van der Waals surface area contributed by atoms with Crippen molar-refractivity contribution in [3.05, 3.63) is 53.6 Å². The number of fused-ring (bicyclic) bond motifs is 3. The molecule has 3 heteroatoms. The van der Waals surface area contributed by atoms with Gasteiger partial charge >= 0.3 is 0 Å². The zero-order valence-electron chi connectivity index (χ0n) is 13.9. The molecule has 0 saturated heterocycles. The molecule has 0 amide bonds. The fourth-order valence-electron chi connectivity index (χ4n) is 2.52. The Morgan fingerprint density at radius 3 is 2.09 bits per heavy atom. The highest BCUT2D eigenvalue weighted by atomic mass is 28.4. The van der Waals surface area contributed by atoms with Crippen molar-refractivity contribution in [2.45, 2.75) is 38.9 Å². The number of carbonyl (C=O) groups is 1. The third-order valence-electron chi connectivity index (χ3n) is 4.88. The summed E-state index contributed by atoms with van der Waals surface area (Å²) in [6, 6.07) is 13.7. The number of carbonyl (C=O) groups excluding carboxylic acids is 1. The Labute approximate surface area is 133 Å². The summed E-state index contributed by atoms with van der Waals surface area (Å²) in [4.78, 5) is 12.6. The van der Waals surface area contributed by atoms with E-state index in [0.717, 1.165) is 28.0 Å². The van der Waals surface area contributed by atoms with Gasteiger partial charge in [0.15, 0.2) is 5.78 Å². The minimum Gasteiger partial charge on any atom is -0.543 e. The van der Waals surface area contributed by atoms with Crippen LogP contribution in [0, 0.1) is 0 Å². The summed E-state index contributed by atoms with van der Waals surface area (Å²) in [6.07, 6.45) is 0. The molecule has 0 spiro atoms. The average molecular weight is 310 g/mol. The molecule has 1 aliphatic rings. The molecule has 0 unspecified atom stereocenters. The Balaban J connectivity index is 1.99. The number of hydrogen-bond acceptors (Lipinski definition) is 2. The van der Waals surface area contributed by atoms with Crippen LogP contribution in [0.25, 0.3) is 11.1 Å². The molecule has 1 aliphatic carbocycles. The monoisotopic (exact) mass is 310 g/mol. The van der Waals surface area contributed by atoms with Crippen molar-refractivity contribution >= 4 is 14.1 Å². The summed E-state index contributed by atoms with van der Waals surface area (Å²) in [5.74, 6) is 0.915. The third-order valence-corrected chi connectivity index (χ3v) is 9.24. The molecule has 0 atom stereocenters. The maximum Gasteiger partial charge on any atom is 0.250 e. The van der Waals surface area contributed by atoms with E-state index in [-0.39, 0.29) is 10.8 Å². The van der Waals surface area contributed by atoms with Crippen LogP contribution in [0.4, 0.5) is 0 Å². The van der Waals surface area contributed by atoms with E-state index in [1.807, 2.05) is 42.5 Å². The van der Waals surface area contributed by atoms with E-state index >= 15 is 0 Å². The molecule has 0 radical (unpaired) electrons. The smallest absolute Gasteiger partial charge is 0.250 e. The van der Waals surface area contributed by atoms with E-state index in [1.165, 1.54) is 0 Å². The predicted molar refractivity (Wildman–Crippen MR) is 93.1 cm³/mol. The van der Waals surface area contributed by atoms with Crippen LogP contribution in [0.5, 0.6) is 5.75 Å². The van der Waals surface area contributed by atoms with Gasteiger partial charge in [0.25, 0.3) is 0 Å². The van der Waals surface area contributed by atoms with Gasteiger partial charge < -0.3 is 4.43 Å². The first-order valence-corrected chi connectivity index (χ1v) is 10.6. The molecular weight excluding hydrogens is 288 g/mol. The van der Waals surface area contributed by atoms with Crippen molar-refractivity contribution in [2.24, 2.45) is 0 Å². The minimum atomic E-state index is -1.89. The largest absolute Gasteiger partial charge is 0.543 e. The first kappa shape index (κ1) is 15.0.